The molecule has 0 atom stereocenters. The molecule has 0 spiro atoms. The molecule has 0 aliphatic rings. The Hall–Kier alpha value is -1.32. The summed E-state index contributed by atoms with van der Waals surface area (Å²) in [7, 11) is 0. The van der Waals surface area contributed by atoms with E-state index in [9.17, 15) is 9.59 Å². The topological polar surface area (TPSA) is 63.6 Å². The first-order valence-corrected chi connectivity index (χ1v) is 4.22. The van der Waals surface area contributed by atoms with Crippen molar-refractivity contribution >= 4 is 11.9 Å². The number of carbonyl (C=O) groups is 2. The normalized spacial score (nSPS) is 11.1. The Labute approximate surface area is 77.2 Å². The van der Waals surface area contributed by atoms with Crippen molar-refractivity contribution in [1.29, 1.82) is 0 Å². The van der Waals surface area contributed by atoms with E-state index >= 15 is 0 Å². The first-order chi connectivity index (χ1) is 6.11. The monoisotopic (exact) mass is 186 g/mol. The van der Waals surface area contributed by atoms with E-state index in [2.05, 4.69) is 0 Å². The Morgan fingerprint density at radius 2 is 2.00 bits per heavy atom. The highest BCUT2D eigenvalue weighted by Crippen LogP contribution is 2.03. The van der Waals surface area contributed by atoms with E-state index in [1.54, 1.807) is 6.92 Å². The molecule has 74 valence electrons. The highest BCUT2D eigenvalue weighted by atomic mass is 16.5. The van der Waals surface area contributed by atoms with Crippen molar-refractivity contribution in [2.24, 2.45) is 0 Å². The van der Waals surface area contributed by atoms with Crippen LogP contribution in [0, 0.1) is 0 Å². The summed E-state index contributed by atoms with van der Waals surface area (Å²) in [5.74, 6) is -1.66. The van der Waals surface area contributed by atoms with E-state index in [1.807, 2.05) is 6.92 Å². The van der Waals surface area contributed by atoms with Gasteiger partial charge in [0.25, 0.3) is 0 Å². The van der Waals surface area contributed by atoms with Gasteiger partial charge in [-0.15, -0.1) is 0 Å². The Balaban J connectivity index is 4.23. The third kappa shape index (κ3) is 5.00. The van der Waals surface area contributed by atoms with Crippen LogP contribution in [0.5, 0.6) is 0 Å². The first kappa shape index (κ1) is 11.7. The minimum Gasteiger partial charge on any atom is -0.478 e. The van der Waals surface area contributed by atoms with Gasteiger partial charge in [-0.3, -0.25) is 0 Å². The summed E-state index contributed by atoms with van der Waals surface area (Å²) in [6.07, 6.45) is 1.99. The fraction of sp³-hybridized carbons (Fsp3) is 0.556. The van der Waals surface area contributed by atoms with Gasteiger partial charge < -0.3 is 9.84 Å². The van der Waals surface area contributed by atoms with Crippen LogP contribution in [0.4, 0.5) is 0 Å². The fourth-order valence-electron chi connectivity index (χ4n) is 0.742. The number of carbonyl (C=O) groups excluding carboxylic acids is 1. The first-order valence-electron chi connectivity index (χ1n) is 4.22. The average Bonchev–Trinajstić information content (AvgIpc) is 2.09. The Kier molecular flexibility index (Phi) is 5.59. The molecule has 0 radical (unpaired) electrons. The maximum absolute atomic E-state index is 11.1. The molecule has 0 aliphatic carbocycles. The Bertz CT molecular complexity index is 218. The summed E-state index contributed by atoms with van der Waals surface area (Å²) in [6.45, 7) is 3.91. The quantitative estimate of drug-likeness (QED) is 0.520. The highest BCUT2D eigenvalue weighted by Gasteiger charge is 2.09. The van der Waals surface area contributed by atoms with E-state index in [1.165, 1.54) is 0 Å². The summed E-state index contributed by atoms with van der Waals surface area (Å²) >= 11 is 0. The molecule has 0 fully saturated rings. The molecule has 0 aromatic rings. The van der Waals surface area contributed by atoms with Gasteiger partial charge in [-0.2, -0.15) is 0 Å². The zero-order chi connectivity index (χ0) is 10.3. The second-order valence-electron chi connectivity index (χ2n) is 2.50. The summed E-state index contributed by atoms with van der Waals surface area (Å²) in [5, 5.41) is 8.41. The van der Waals surface area contributed by atoms with E-state index in [0.29, 0.717) is 13.0 Å². The van der Waals surface area contributed by atoms with Crippen LogP contribution in [-0.4, -0.2) is 23.7 Å². The molecule has 1 N–H and O–H groups in total. The summed E-state index contributed by atoms with van der Waals surface area (Å²) < 4.78 is 4.77. The molecule has 0 rings (SSSR count). The van der Waals surface area contributed by atoms with Crippen LogP contribution < -0.4 is 0 Å². The van der Waals surface area contributed by atoms with Crippen LogP contribution in [0.2, 0.25) is 0 Å². The number of ether oxygens (including phenoxy) is 1. The Morgan fingerprint density at radius 1 is 1.38 bits per heavy atom. The highest BCUT2D eigenvalue weighted by molar-refractivity contribution is 5.95. The second-order valence-corrected chi connectivity index (χ2v) is 2.50. The molecule has 4 heteroatoms. The number of aliphatic carboxylic acids is 1. The van der Waals surface area contributed by atoms with Crippen molar-refractivity contribution in [1.82, 2.24) is 0 Å². The van der Waals surface area contributed by atoms with Gasteiger partial charge in [0, 0.05) is 11.6 Å². The average molecular weight is 186 g/mol. The zero-order valence-corrected chi connectivity index (χ0v) is 7.87. The molecular formula is C9H14O4. The van der Waals surface area contributed by atoms with Crippen molar-refractivity contribution in [2.45, 2.75) is 26.7 Å². The van der Waals surface area contributed by atoms with Crippen LogP contribution >= 0.6 is 0 Å². The minimum absolute atomic E-state index is 0.195. The van der Waals surface area contributed by atoms with Crippen LogP contribution in [0.25, 0.3) is 0 Å². The van der Waals surface area contributed by atoms with Gasteiger partial charge in [0.15, 0.2) is 0 Å². The van der Waals surface area contributed by atoms with Crippen LogP contribution in [0.15, 0.2) is 11.6 Å². The largest absolute Gasteiger partial charge is 0.478 e. The summed E-state index contributed by atoms with van der Waals surface area (Å²) in [5.41, 5.74) is 0.195. The minimum atomic E-state index is -1.12. The van der Waals surface area contributed by atoms with Crippen LogP contribution in [0.3, 0.4) is 0 Å². The maximum atomic E-state index is 11.1. The zero-order valence-electron chi connectivity index (χ0n) is 7.87. The summed E-state index contributed by atoms with van der Waals surface area (Å²) in [6, 6.07) is 0. The van der Waals surface area contributed by atoms with Gasteiger partial charge in [0.2, 0.25) is 0 Å². The fourth-order valence-corrected chi connectivity index (χ4v) is 0.742. The van der Waals surface area contributed by atoms with Gasteiger partial charge in [-0.1, -0.05) is 13.8 Å². The molecule has 0 aromatic carbocycles. The molecule has 0 heterocycles. The molecule has 13 heavy (non-hydrogen) atoms. The third-order valence-corrected chi connectivity index (χ3v) is 1.38. The lowest BCUT2D eigenvalue weighted by Crippen LogP contribution is -2.09. The number of esters is 1. The number of hydrogen-bond donors (Lipinski definition) is 1. The number of hydrogen-bond acceptors (Lipinski definition) is 3. The lowest BCUT2D eigenvalue weighted by atomic mass is 10.2. The van der Waals surface area contributed by atoms with Crippen molar-refractivity contribution in [2.75, 3.05) is 6.61 Å². The van der Waals surface area contributed by atoms with E-state index in [0.717, 1.165) is 12.5 Å². The lowest BCUT2D eigenvalue weighted by molar-refractivity contribution is -0.140. The van der Waals surface area contributed by atoms with Crippen LogP contribution in [-0.2, 0) is 14.3 Å². The number of carboxylic acids is 1. The van der Waals surface area contributed by atoms with E-state index in [4.69, 9.17) is 9.84 Å². The van der Waals surface area contributed by atoms with Gasteiger partial charge in [-0.25, -0.2) is 9.59 Å². The smallest absolute Gasteiger partial charge is 0.334 e. The van der Waals surface area contributed by atoms with Gasteiger partial charge in [0.1, 0.15) is 0 Å². The molecule has 4 nitrogen and oxygen atoms in total. The van der Waals surface area contributed by atoms with E-state index < -0.39 is 11.9 Å². The third-order valence-electron chi connectivity index (χ3n) is 1.38. The lowest BCUT2D eigenvalue weighted by Gasteiger charge is -2.03. The summed E-state index contributed by atoms with van der Waals surface area (Å²) in [4.78, 5) is 21.4. The molecule has 0 aliphatic heterocycles. The predicted molar refractivity (Wildman–Crippen MR) is 47.3 cm³/mol. The Morgan fingerprint density at radius 3 is 2.38 bits per heavy atom. The van der Waals surface area contributed by atoms with Crippen molar-refractivity contribution in [3.63, 3.8) is 0 Å². The molecule has 0 amide bonds. The number of carboxylic acid groups (broad SMARTS) is 1. The van der Waals surface area contributed by atoms with Gasteiger partial charge in [0.05, 0.1) is 6.61 Å². The molecule has 0 saturated carbocycles. The van der Waals surface area contributed by atoms with Crippen molar-refractivity contribution < 1.29 is 19.4 Å². The van der Waals surface area contributed by atoms with Gasteiger partial charge >= 0.3 is 11.9 Å². The SMILES string of the molecule is CCCOC(=O)C(=CC(=O)O)CC. The van der Waals surface area contributed by atoms with Crippen LogP contribution in [0.1, 0.15) is 26.7 Å². The maximum Gasteiger partial charge on any atom is 0.334 e. The molecule has 0 bridgehead atoms. The molecule has 0 saturated heterocycles. The second kappa shape index (κ2) is 6.22. The van der Waals surface area contributed by atoms with Gasteiger partial charge in [-0.05, 0) is 12.8 Å². The van der Waals surface area contributed by atoms with Crippen molar-refractivity contribution in [3.05, 3.63) is 11.6 Å². The molecular weight excluding hydrogens is 172 g/mol. The standard InChI is InChI=1S/C9H14O4/c1-3-5-13-9(12)7(4-2)6-8(10)11/h6H,3-5H2,1-2H3,(H,10,11). The predicted octanol–water partition coefficient (Wildman–Crippen LogP) is 1.36. The van der Waals surface area contributed by atoms with E-state index in [-0.39, 0.29) is 5.57 Å². The molecule has 0 aromatic heterocycles. The van der Waals surface area contributed by atoms with Crippen molar-refractivity contribution in [3.8, 4) is 0 Å². The molecule has 0 unspecified atom stereocenters. The number of rotatable bonds is 5.